The molecule has 0 saturated heterocycles. The second kappa shape index (κ2) is 3.36. The lowest BCUT2D eigenvalue weighted by molar-refractivity contribution is 0.998. The molecule has 0 nitrogen and oxygen atoms in total. The van der Waals surface area contributed by atoms with Crippen molar-refractivity contribution in [1.82, 2.24) is 0 Å². The molecule has 1 aromatic rings. The first-order valence-corrected chi connectivity index (χ1v) is 9.55. The molecule has 0 spiro atoms. The average Bonchev–Trinajstić information content (AvgIpc) is 2.80. The summed E-state index contributed by atoms with van der Waals surface area (Å²) in [5.41, 5.74) is 3.38. The Morgan fingerprint density at radius 3 is 2.13 bits per heavy atom. The first-order chi connectivity index (χ1) is 6.84. The summed E-state index contributed by atoms with van der Waals surface area (Å²) >= 11 is 6.71. The van der Waals surface area contributed by atoms with Gasteiger partial charge < -0.3 is 0 Å². The van der Waals surface area contributed by atoms with Crippen molar-refractivity contribution in [2.75, 3.05) is 0 Å². The molecule has 1 fully saturated rings. The largest absolute Gasteiger partial charge is 0.114 e. The third-order valence-electron chi connectivity index (χ3n) is 3.47. The Bertz CT molecular complexity index is 363. The standard InChI is InChI=1S/C13H19ClSi/c1-10-5-7-11(8-6-10)13(14)9-12(13)15(2,3)4/h5-8,12H,9H2,1-4H3. The molecule has 82 valence electrons. The summed E-state index contributed by atoms with van der Waals surface area (Å²) in [6.07, 6.45) is 1.17. The van der Waals surface area contributed by atoms with Crippen LogP contribution >= 0.6 is 11.6 Å². The summed E-state index contributed by atoms with van der Waals surface area (Å²) in [6, 6.07) is 8.73. The van der Waals surface area contributed by atoms with Gasteiger partial charge in [0, 0.05) is 8.07 Å². The van der Waals surface area contributed by atoms with E-state index in [4.69, 9.17) is 11.6 Å². The molecule has 0 heterocycles. The Morgan fingerprint density at radius 1 is 1.20 bits per heavy atom. The van der Waals surface area contributed by atoms with Crippen molar-refractivity contribution in [2.45, 2.75) is 43.4 Å². The highest BCUT2D eigenvalue weighted by atomic mass is 35.5. The topological polar surface area (TPSA) is 0 Å². The van der Waals surface area contributed by atoms with Crippen molar-refractivity contribution in [1.29, 1.82) is 0 Å². The van der Waals surface area contributed by atoms with Crippen LogP contribution in [0.25, 0.3) is 0 Å². The van der Waals surface area contributed by atoms with Crippen molar-refractivity contribution >= 4 is 19.7 Å². The van der Waals surface area contributed by atoms with Gasteiger partial charge in [-0.1, -0.05) is 49.5 Å². The number of hydrogen-bond acceptors (Lipinski definition) is 0. The minimum Gasteiger partial charge on any atom is -0.114 e. The van der Waals surface area contributed by atoms with Gasteiger partial charge >= 0.3 is 0 Å². The molecule has 2 rings (SSSR count). The smallest absolute Gasteiger partial charge is 0.0701 e. The predicted molar refractivity (Wildman–Crippen MR) is 70.4 cm³/mol. The summed E-state index contributed by atoms with van der Waals surface area (Å²) in [7, 11) is -1.09. The van der Waals surface area contributed by atoms with Gasteiger partial charge in [-0.3, -0.25) is 0 Å². The summed E-state index contributed by atoms with van der Waals surface area (Å²) in [6.45, 7) is 9.36. The van der Waals surface area contributed by atoms with Crippen LogP contribution in [-0.2, 0) is 4.87 Å². The van der Waals surface area contributed by atoms with Crippen molar-refractivity contribution in [3.8, 4) is 0 Å². The average molecular weight is 239 g/mol. The minimum absolute atomic E-state index is 0.0296. The maximum atomic E-state index is 6.71. The molecule has 15 heavy (non-hydrogen) atoms. The van der Waals surface area contributed by atoms with E-state index < -0.39 is 8.07 Å². The van der Waals surface area contributed by atoms with Crippen molar-refractivity contribution in [2.24, 2.45) is 0 Å². The zero-order valence-corrected chi connectivity index (χ0v) is 11.7. The molecular weight excluding hydrogens is 220 g/mol. The number of rotatable bonds is 2. The molecule has 0 bridgehead atoms. The van der Waals surface area contributed by atoms with Crippen LogP contribution in [0.4, 0.5) is 0 Å². The fourth-order valence-corrected chi connectivity index (χ4v) is 6.25. The molecule has 2 heteroatoms. The Labute approximate surface area is 98.7 Å². The van der Waals surface area contributed by atoms with Crippen molar-refractivity contribution in [3.63, 3.8) is 0 Å². The van der Waals surface area contributed by atoms with E-state index in [1.165, 1.54) is 17.5 Å². The summed E-state index contributed by atoms with van der Waals surface area (Å²) in [5, 5.41) is 0. The highest BCUT2D eigenvalue weighted by Gasteiger charge is 2.59. The third kappa shape index (κ3) is 2.00. The monoisotopic (exact) mass is 238 g/mol. The molecule has 0 aliphatic heterocycles. The molecule has 1 saturated carbocycles. The number of alkyl halides is 1. The van der Waals surface area contributed by atoms with E-state index in [0.717, 1.165) is 5.54 Å². The normalized spacial score (nSPS) is 30.3. The molecule has 2 unspecified atom stereocenters. The molecule has 0 N–H and O–H groups in total. The number of halogens is 1. The molecule has 1 aliphatic rings. The molecule has 0 radical (unpaired) electrons. The van der Waals surface area contributed by atoms with Gasteiger partial charge in [-0.25, -0.2) is 0 Å². The van der Waals surface area contributed by atoms with Crippen LogP contribution in [0.15, 0.2) is 24.3 Å². The summed E-state index contributed by atoms with van der Waals surface area (Å²) < 4.78 is 0. The van der Waals surface area contributed by atoms with E-state index in [1.807, 2.05) is 0 Å². The molecule has 1 aromatic carbocycles. The summed E-state index contributed by atoms with van der Waals surface area (Å²) in [5.74, 6) is 0. The lowest BCUT2D eigenvalue weighted by Crippen LogP contribution is -2.23. The lowest BCUT2D eigenvalue weighted by atomic mass is 10.1. The van der Waals surface area contributed by atoms with Gasteiger partial charge in [-0.2, -0.15) is 0 Å². The Morgan fingerprint density at radius 2 is 1.73 bits per heavy atom. The molecular formula is C13H19ClSi. The number of aryl methyl sites for hydroxylation is 1. The molecule has 0 amide bonds. The SMILES string of the molecule is Cc1ccc(C2(Cl)CC2[Si](C)(C)C)cc1. The lowest BCUT2D eigenvalue weighted by Gasteiger charge is -2.19. The number of hydrogen-bond donors (Lipinski definition) is 0. The van der Waals surface area contributed by atoms with Crippen LogP contribution in [0, 0.1) is 6.92 Å². The van der Waals surface area contributed by atoms with Crippen LogP contribution < -0.4 is 0 Å². The van der Waals surface area contributed by atoms with E-state index in [0.29, 0.717) is 0 Å². The van der Waals surface area contributed by atoms with Crippen LogP contribution in [-0.4, -0.2) is 8.07 Å². The Kier molecular flexibility index (Phi) is 2.51. The third-order valence-corrected chi connectivity index (χ3v) is 7.08. The Hall–Kier alpha value is -0.273. The van der Waals surface area contributed by atoms with Crippen molar-refractivity contribution < 1.29 is 0 Å². The van der Waals surface area contributed by atoms with E-state index in [1.54, 1.807) is 0 Å². The second-order valence-electron chi connectivity index (χ2n) is 5.85. The number of benzene rings is 1. The predicted octanol–water partition coefficient (Wildman–Crippen LogP) is 4.54. The van der Waals surface area contributed by atoms with Crippen LogP contribution in [0.2, 0.25) is 25.2 Å². The van der Waals surface area contributed by atoms with Crippen LogP contribution in [0.1, 0.15) is 17.5 Å². The van der Waals surface area contributed by atoms with Gasteiger partial charge in [0.2, 0.25) is 0 Å². The van der Waals surface area contributed by atoms with Gasteiger partial charge in [0.1, 0.15) is 0 Å². The maximum absolute atomic E-state index is 6.71. The van der Waals surface area contributed by atoms with Gasteiger partial charge in [-0.05, 0) is 24.4 Å². The molecule has 0 aromatic heterocycles. The first-order valence-electron chi connectivity index (χ1n) is 5.60. The van der Waals surface area contributed by atoms with E-state index >= 15 is 0 Å². The second-order valence-corrected chi connectivity index (χ2v) is 12.0. The fourth-order valence-electron chi connectivity index (χ4n) is 2.38. The van der Waals surface area contributed by atoms with Gasteiger partial charge in [-0.15, -0.1) is 11.6 Å². The van der Waals surface area contributed by atoms with Gasteiger partial charge in [0.05, 0.1) is 4.87 Å². The van der Waals surface area contributed by atoms with Crippen LogP contribution in [0.3, 0.4) is 0 Å². The Balaban J connectivity index is 2.24. The zero-order valence-electron chi connectivity index (χ0n) is 9.97. The van der Waals surface area contributed by atoms with E-state index in [-0.39, 0.29) is 4.87 Å². The summed E-state index contributed by atoms with van der Waals surface area (Å²) in [4.78, 5) is -0.0296. The zero-order chi connectivity index (χ0) is 11.3. The van der Waals surface area contributed by atoms with Crippen LogP contribution in [0.5, 0.6) is 0 Å². The maximum Gasteiger partial charge on any atom is 0.0701 e. The van der Waals surface area contributed by atoms with Gasteiger partial charge in [0.25, 0.3) is 0 Å². The highest BCUT2D eigenvalue weighted by Crippen LogP contribution is 2.66. The fraction of sp³-hybridized carbons (Fsp3) is 0.538. The quantitative estimate of drug-likeness (QED) is 0.524. The van der Waals surface area contributed by atoms with E-state index in [2.05, 4.69) is 50.8 Å². The molecule has 1 aliphatic carbocycles. The first kappa shape index (κ1) is 11.2. The minimum atomic E-state index is -1.09. The highest BCUT2D eigenvalue weighted by molar-refractivity contribution is 6.79. The van der Waals surface area contributed by atoms with Crippen molar-refractivity contribution in [3.05, 3.63) is 35.4 Å². The van der Waals surface area contributed by atoms with Gasteiger partial charge in [0.15, 0.2) is 0 Å². The molecule has 2 atom stereocenters. The van der Waals surface area contributed by atoms with E-state index in [9.17, 15) is 0 Å².